The lowest BCUT2D eigenvalue weighted by Gasteiger charge is -2.18. The molecule has 28 heavy (non-hydrogen) atoms. The van der Waals surface area contributed by atoms with Crippen molar-refractivity contribution in [3.8, 4) is 22.8 Å². The number of hydrogen-bond acceptors (Lipinski definition) is 5. The number of nitrogens with zero attached hydrogens (tertiary/aromatic N) is 1. The molecule has 6 nitrogen and oxygen atoms in total. The first-order chi connectivity index (χ1) is 13.7. The van der Waals surface area contributed by atoms with Crippen molar-refractivity contribution in [1.29, 1.82) is 0 Å². The Kier molecular flexibility index (Phi) is 5.23. The van der Waals surface area contributed by atoms with Gasteiger partial charge in [-0.3, -0.25) is 4.79 Å². The third-order valence-electron chi connectivity index (χ3n) is 4.34. The Labute approximate surface area is 161 Å². The van der Waals surface area contributed by atoms with Crippen LogP contribution in [-0.4, -0.2) is 24.1 Å². The number of fused-ring (bicyclic) bond motifs is 1. The quantitative estimate of drug-likeness (QED) is 0.706. The molecule has 0 atom stereocenters. The highest BCUT2D eigenvalue weighted by Crippen LogP contribution is 2.30. The topological polar surface area (TPSA) is 73.6 Å². The highest BCUT2D eigenvalue weighted by molar-refractivity contribution is 5.76. The van der Waals surface area contributed by atoms with Crippen LogP contribution in [0.2, 0.25) is 0 Å². The molecule has 144 valence electrons. The van der Waals surface area contributed by atoms with Crippen molar-refractivity contribution in [3.63, 3.8) is 0 Å². The Hall–Kier alpha value is -3.35. The number of oxazole rings is 1. The number of ether oxygens (including phenoxy) is 2. The summed E-state index contributed by atoms with van der Waals surface area (Å²) >= 11 is 0. The summed E-state index contributed by atoms with van der Waals surface area (Å²) in [6, 6.07) is 11.6. The van der Waals surface area contributed by atoms with E-state index in [1.807, 2.05) is 18.2 Å². The second-order valence-corrected chi connectivity index (χ2v) is 6.38. The van der Waals surface area contributed by atoms with Crippen molar-refractivity contribution >= 4 is 5.91 Å². The number of carbonyl (C=O) groups is 1. The molecular weight excluding hydrogens is 363 g/mol. The van der Waals surface area contributed by atoms with Gasteiger partial charge in [0.2, 0.25) is 5.91 Å². The maximum absolute atomic E-state index is 13.0. The van der Waals surface area contributed by atoms with E-state index < -0.39 is 0 Å². The van der Waals surface area contributed by atoms with Crippen LogP contribution in [-0.2, 0) is 17.8 Å². The van der Waals surface area contributed by atoms with Crippen LogP contribution in [0.1, 0.15) is 17.9 Å². The zero-order chi connectivity index (χ0) is 19.3. The summed E-state index contributed by atoms with van der Waals surface area (Å²) in [7, 11) is 0. The van der Waals surface area contributed by atoms with Crippen LogP contribution < -0.4 is 14.8 Å². The van der Waals surface area contributed by atoms with Gasteiger partial charge in [-0.25, -0.2) is 9.37 Å². The minimum atomic E-state index is -0.307. The highest BCUT2D eigenvalue weighted by atomic mass is 19.1. The Morgan fingerprint density at radius 2 is 1.86 bits per heavy atom. The molecule has 2 aromatic carbocycles. The largest absolute Gasteiger partial charge is 0.486 e. The van der Waals surface area contributed by atoms with Gasteiger partial charge < -0.3 is 19.2 Å². The van der Waals surface area contributed by atoms with Crippen molar-refractivity contribution in [2.24, 2.45) is 0 Å². The van der Waals surface area contributed by atoms with Gasteiger partial charge in [0.1, 0.15) is 19.0 Å². The van der Waals surface area contributed by atoms with Crippen LogP contribution >= 0.6 is 0 Å². The van der Waals surface area contributed by atoms with E-state index >= 15 is 0 Å². The Bertz CT molecular complexity index is 969. The summed E-state index contributed by atoms with van der Waals surface area (Å²) in [6.07, 6.45) is 2.22. The summed E-state index contributed by atoms with van der Waals surface area (Å²) in [5, 5.41) is 2.87. The third kappa shape index (κ3) is 4.31. The lowest BCUT2D eigenvalue weighted by molar-refractivity contribution is -0.121. The molecule has 4 rings (SSSR count). The molecule has 1 aliphatic heterocycles. The summed E-state index contributed by atoms with van der Waals surface area (Å²) < 4.78 is 29.7. The van der Waals surface area contributed by atoms with E-state index in [1.54, 1.807) is 18.3 Å². The van der Waals surface area contributed by atoms with Gasteiger partial charge in [0.05, 0.1) is 6.20 Å². The molecule has 1 aromatic heterocycles. The minimum absolute atomic E-state index is 0.101. The molecular formula is C21H19FN2O4. The lowest BCUT2D eigenvalue weighted by Crippen LogP contribution is -2.23. The zero-order valence-electron chi connectivity index (χ0n) is 15.1. The number of benzene rings is 2. The van der Waals surface area contributed by atoms with Gasteiger partial charge in [-0.2, -0.15) is 0 Å². The van der Waals surface area contributed by atoms with Crippen molar-refractivity contribution in [1.82, 2.24) is 10.3 Å². The van der Waals surface area contributed by atoms with Gasteiger partial charge >= 0.3 is 0 Å². The average Bonchev–Trinajstić information content (AvgIpc) is 3.20. The first-order valence-corrected chi connectivity index (χ1v) is 9.03. The zero-order valence-corrected chi connectivity index (χ0v) is 15.1. The monoisotopic (exact) mass is 382 g/mol. The van der Waals surface area contributed by atoms with Crippen molar-refractivity contribution in [3.05, 3.63) is 65.9 Å². The Morgan fingerprint density at radius 3 is 2.68 bits per heavy atom. The van der Waals surface area contributed by atoms with E-state index in [4.69, 9.17) is 13.9 Å². The molecule has 0 unspecified atom stereocenters. The summed E-state index contributed by atoms with van der Waals surface area (Å²) in [6.45, 7) is 1.48. The fourth-order valence-corrected chi connectivity index (χ4v) is 2.88. The maximum Gasteiger partial charge on any atom is 0.220 e. The number of carbonyl (C=O) groups excluding carboxylic acids is 1. The van der Waals surface area contributed by atoms with E-state index in [-0.39, 0.29) is 18.1 Å². The van der Waals surface area contributed by atoms with E-state index in [2.05, 4.69) is 10.3 Å². The normalized spacial score (nSPS) is 12.6. The van der Waals surface area contributed by atoms with Crippen molar-refractivity contribution in [2.45, 2.75) is 19.4 Å². The number of rotatable bonds is 6. The van der Waals surface area contributed by atoms with Gasteiger partial charge in [-0.1, -0.05) is 6.07 Å². The molecule has 0 saturated carbocycles. The SMILES string of the molecule is O=C(CCc1ncc(-c2ccc(F)cc2)o1)NCc1ccc2c(c1)OCCO2. The summed E-state index contributed by atoms with van der Waals surface area (Å²) in [5.74, 6) is 2.03. The number of hydrogen-bond donors (Lipinski definition) is 1. The van der Waals surface area contributed by atoms with Gasteiger partial charge in [-0.15, -0.1) is 0 Å². The standard InChI is InChI=1S/C21H19FN2O4/c22-16-4-2-15(3-5-16)19-13-24-21(28-19)8-7-20(25)23-12-14-1-6-17-18(11-14)27-10-9-26-17/h1-6,11,13H,7-10,12H2,(H,23,25). The summed E-state index contributed by atoms with van der Waals surface area (Å²) in [4.78, 5) is 16.3. The fraction of sp³-hybridized carbons (Fsp3) is 0.238. The van der Waals surface area contributed by atoms with Crippen LogP contribution in [0.25, 0.3) is 11.3 Å². The van der Waals surface area contributed by atoms with Crippen LogP contribution in [0.4, 0.5) is 4.39 Å². The number of amides is 1. The number of nitrogens with one attached hydrogen (secondary N) is 1. The van der Waals surface area contributed by atoms with Crippen molar-refractivity contribution < 1.29 is 23.1 Å². The first kappa shape index (κ1) is 18.0. The van der Waals surface area contributed by atoms with E-state index in [1.165, 1.54) is 12.1 Å². The van der Waals surface area contributed by atoms with Crippen LogP contribution in [0.5, 0.6) is 11.5 Å². The van der Waals surface area contributed by atoms with Gasteiger partial charge in [0, 0.05) is 24.9 Å². The molecule has 0 radical (unpaired) electrons. The van der Waals surface area contributed by atoms with Crippen LogP contribution in [0.15, 0.2) is 53.1 Å². The molecule has 1 aliphatic rings. The Balaban J connectivity index is 1.27. The molecule has 1 amide bonds. The lowest BCUT2D eigenvalue weighted by atomic mass is 10.2. The number of aromatic nitrogens is 1. The van der Waals surface area contributed by atoms with E-state index in [9.17, 15) is 9.18 Å². The molecule has 0 spiro atoms. The molecule has 0 fully saturated rings. The maximum atomic E-state index is 13.0. The van der Waals surface area contributed by atoms with Gasteiger partial charge in [-0.05, 0) is 42.0 Å². The van der Waals surface area contributed by atoms with E-state index in [0.717, 1.165) is 16.9 Å². The van der Waals surface area contributed by atoms with Crippen LogP contribution in [0, 0.1) is 5.82 Å². The third-order valence-corrected chi connectivity index (χ3v) is 4.34. The van der Waals surface area contributed by atoms with Gasteiger partial charge in [0.15, 0.2) is 23.1 Å². The molecule has 3 aromatic rings. The Morgan fingerprint density at radius 1 is 1.07 bits per heavy atom. The molecule has 7 heteroatoms. The molecule has 2 heterocycles. The molecule has 1 N–H and O–H groups in total. The predicted octanol–water partition coefficient (Wildman–Crippen LogP) is 3.50. The summed E-state index contributed by atoms with van der Waals surface area (Å²) in [5.41, 5.74) is 1.68. The second kappa shape index (κ2) is 8.12. The second-order valence-electron chi connectivity index (χ2n) is 6.38. The number of aryl methyl sites for hydroxylation is 1. The number of halogens is 1. The molecule has 0 bridgehead atoms. The van der Waals surface area contributed by atoms with Crippen molar-refractivity contribution in [2.75, 3.05) is 13.2 Å². The molecule has 0 aliphatic carbocycles. The first-order valence-electron chi connectivity index (χ1n) is 9.03. The average molecular weight is 382 g/mol. The minimum Gasteiger partial charge on any atom is -0.486 e. The van der Waals surface area contributed by atoms with E-state index in [0.29, 0.717) is 43.6 Å². The van der Waals surface area contributed by atoms with Crippen LogP contribution in [0.3, 0.4) is 0 Å². The predicted molar refractivity (Wildman–Crippen MR) is 99.5 cm³/mol. The smallest absolute Gasteiger partial charge is 0.220 e. The molecule has 0 saturated heterocycles. The fourth-order valence-electron chi connectivity index (χ4n) is 2.88. The highest BCUT2D eigenvalue weighted by Gasteiger charge is 2.13. The van der Waals surface area contributed by atoms with Gasteiger partial charge in [0.25, 0.3) is 0 Å².